The van der Waals surface area contributed by atoms with Crippen LogP contribution in [0.2, 0.25) is 0 Å². The highest BCUT2D eigenvalue weighted by molar-refractivity contribution is 5.81. The first kappa shape index (κ1) is 16.6. The van der Waals surface area contributed by atoms with Gasteiger partial charge in [-0.15, -0.1) is 6.58 Å². The van der Waals surface area contributed by atoms with Crippen molar-refractivity contribution in [3.63, 3.8) is 0 Å². The van der Waals surface area contributed by atoms with E-state index in [1.54, 1.807) is 6.08 Å². The molecule has 0 bridgehead atoms. The summed E-state index contributed by atoms with van der Waals surface area (Å²) in [5.74, 6) is -0.860. The Bertz CT molecular complexity index is 290. The summed E-state index contributed by atoms with van der Waals surface area (Å²) >= 11 is 0. The summed E-state index contributed by atoms with van der Waals surface area (Å²) in [6, 6.07) is -0.0676. The van der Waals surface area contributed by atoms with Gasteiger partial charge in [0.05, 0.1) is 6.04 Å². The van der Waals surface area contributed by atoms with E-state index in [1.807, 2.05) is 25.7 Å². The van der Waals surface area contributed by atoms with Gasteiger partial charge in [-0.2, -0.15) is 0 Å². The van der Waals surface area contributed by atoms with Gasteiger partial charge < -0.3 is 10.4 Å². The van der Waals surface area contributed by atoms with Crippen LogP contribution in [-0.4, -0.2) is 47.1 Å². The fourth-order valence-electron chi connectivity index (χ4n) is 1.78. The normalized spacial score (nSPS) is 12.5. The maximum atomic E-state index is 11.8. The first-order chi connectivity index (χ1) is 8.40. The zero-order chi connectivity index (χ0) is 14.1. The number of aliphatic carboxylic acids is 1. The molecular formula is C13H24N2O3. The number of nitrogens with one attached hydrogen (secondary N) is 1. The van der Waals surface area contributed by atoms with E-state index in [9.17, 15) is 9.59 Å². The molecule has 0 spiro atoms. The number of carbonyl (C=O) groups excluding carboxylic acids is 1. The standard InChI is InChI=1S/C13H24N2O3/c1-5-8-14-13(18)11(4)15(10(2)3)9-6-7-12(16)17/h5,10-11H,1,6-9H2,2-4H3,(H,14,18)(H,16,17). The molecule has 1 unspecified atom stereocenters. The molecule has 0 aliphatic carbocycles. The van der Waals surface area contributed by atoms with E-state index in [0.717, 1.165) is 0 Å². The Kier molecular flexibility index (Phi) is 8.03. The molecular weight excluding hydrogens is 232 g/mol. The van der Waals surface area contributed by atoms with E-state index in [1.165, 1.54) is 0 Å². The summed E-state index contributed by atoms with van der Waals surface area (Å²) in [4.78, 5) is 24.3. The third-order valence-electron chi connectivity index (χ3n) is 2.77. The number of hydrogen-bond acceptors (Lipinski definition) is 3. The molecule has 5 nitrogen and oxygen atoms in total. The zero-order valence-corrected chi connectivity index (χ0v) is 11.5. The lowest BCUT2D eigenvalue weighted by Crippen LogP contribution is -2.48. The molecule has 0 heterocycles. The van der Waals surface area contributed by atoms with Crippen molar-refractivity contribution < 1.29 is 14.7 Å². The molecule has 0 saturated carbocycles. The average Bonchev–Trinajstić information content (AvgIpc) is 2.30. The largest absolute Gasteiger partial charge is 0.481 e. The van der Waals surface area contributed by atoms with E-state index < -0.39 is 5.97 Å². The number of carboxylic acids is 1. The minimum absolute atomic E-state index is 0.0566. The van der Waals surface area contributed by atoms with Gasteiger partial charge in [-0.05, 0) is 33.7 Å². The van der Waals surface area contributed by atoms with Crippen LogP contribution in [0.4, 0.5) is 0 Å². The minimum atomic E-state index is -0.803. The maximum absolute atomic E-state index is 11.8. The molecule has 18 heavy (non-hydrogen) atoms. The van der Waals surface area contributed by atoms with Gasteiger partial charge in [-0.25, -0.2) is 0 Å². The molecule has 1 atom stereocenters. The van der Waals surface area contributed by atoms with E-state index in [-0.39, 0.29) is 24.4 Å². The predicted molar refractivity (Wildman–Crippen MR) is 71.4 cm³/mol. The Morgan fingerprint density at radius 2 is 2.00 bits per heavy atom. The van der Waals surface area contributed by atoms with Crippen LogP contribution >= 0.6 is 0 Å². The van der Waals surface area contributed by atoms with Crippen LogP contribution in [-0.2, 0) is 9.59 Å². The van der Waals surface area contributed by atoms with Crippen molar-refractivity contribution >= 4 is 11.9 Å². The molecule has 0 aromatic rings. The highest BCUT2D eigenvalue weighted by Crippen LogP contribution is 2.08. The first-order valence-electron chi connectivity index (χ1n) is 6.26. The maximum Gasteiger partial charge on any atom is 0.303 e. The molecule has 0 aliphatic heterocycles. The Labute approximate surface area is 109 Å². The van der Waals surface area contributed by atoms with Gasteiger partial charge in [0.1, 0.15) is 0 Å². The molecule has 0 saturated heterocycles. The first-order valence-corrected chi connectivity index (χ1v) is 6.26. The molecule has 104 valence electrons. The Balaban J connectivity index is 4.34. The van der Waals surface area contributed by atoms with E-state index in [0.29, 0.717) is 19.5 Å². The number of hydrogen-bond donors (Lipinski definition) is 2. The summed E-state index contributed by atoms with van der Waals surface area (Å²) in [6.45, 7) is 10.4. The predicted octanol–water partition coefficient (Wildman–Crippen LogP) is 1.25. The number of rotatable bonds is 9. The fraction of sp³-hybridized carbons (Fsp3) is 0.692. The van der Waals surface area contributed by atoms with Crippen molar-refractivity contribution in [1.82, 2.24) is 10.2 Å². The zero-order valence-electron chi connectivity index (χ0n) is 11.5. The van der Waals surface area contributed by atoms with Gasteiger partial charge in [0, 0.05) is 19.0 Å². The number of amides is 1. The summed E-state index contributed by atoms with van der Waals surface area (Å²) in [6.07, 6.45) is 2.31. The fourth-order valence-corrected chi connectivity index (χ4v) is 1.78. The van der Waals surface area contributed by atoms with Gasteiger partial charge in [-0.3, -0.25) is 14.5 Å². The van der Waals surface area contributed by atoms with Gasteiger partial charge in [0.15, 0.2) is 0 Å². The Morgan fingerprint density at radius 3 is 2.44 bits per heavy atom. The minimum Gasteiger partial charge on any atom is -0.481 e. The topological polar surface area (TPSA) is 69.6 Å². The summed E-state index contributed by atoms with van der Waals surface area (Å²) in [5, 5.41) is 11.4. The monoisotopic (exact) mass is 256 g/mol. The lowest BCUT2D eigenvalue weighted by Gasteiger charge is -2.31. The van der Waals surface area contributed by atoms with Crippen LogP contribution in [0, 0.1) is 0 Å². The number of carbonyl (C=O) groups is 2. The SMILES string of the molecule is C=CCNC(=O)C(C)N(CCCC(=O)O)C(C)C. The van der Waals surface area contributed by atoms with E-state index in [4.69, 9.17) is 5.11 Å². The molecule has 0 fully saturated rings. The number of carboxylic acid groups (broad SMARTS) is 1. The smallest absolute Gasteiger partial charge is 0.303 e. The second-order valence-electron chi connectivity index (χ2n) is 4.54. The van der Waals surface area contributed by atoms with E-state index in [2.05, 4.69) is 11.9 Å². The quantitative estimate of drug-likeness (QED) is 0.609. The van der Waals surface area contributed by atoms with Crippen LogP contribution < -0.4 is 5.32 Å². The third-order valence-corrected chi connectivity index (χ3v) is 2.77. The second-order valence-corrected chi connectivity index (χ2v) is 4.54. The van der Waals surface area contributed by atoms with Crippen molar-refractivity contribution in [3.8, 4) is 0 Å². The Morgan fingerprint density at radius 1 is 1.39 bits per heavy atom. The molecule has 0 aromatic heterocycles. The Hall–Kier alpha value is -1.36. The molecule has 0 aromatic carbocycles. The van der Waals surface area contributed by atoms with Crippen molar-refractivity contribution in [1.29, 1.82) is 0 Å². The highest BCUT2D eigenvalue weighted by Gasteiger charge is 2.22. The van der Waals surface area contributed by atoms with Gasteiger partial charge in [0.25, 0.3) is 0 Å². The van der Waals surface area contributed by atoms with Crippen LogP contribution in [0.25, 0.3) is 0 Å². The summed E-state index contributed by atoms with van der Waals surface area (Å²) < 4.78 is 0. The third kappa shape index (κ3) is 6.39. The van der Waals surface area contributed by atoms with Crippen LogP contribution in [0.5, 0.6) is 0 Å². The second kappa shape index (κ2) is 8.69. The summed E-state index contributed by atoms with van der Waals surface area (Å²) in [5.41, 5.74) is 0. The average molecular weight is 256 g/mol. The van der Waals surface area contributed by atoms with Crippen molar-refractivity contribution in [2.24, 2.45) is 0 Å². The van der Waals surface area contributed by atoms with E-state index >= 15 is 0 Å². The molecule has 5 heteroatoms. The van der Waals surface area contributed by atoms with Gasteiger partial charge in [0.2, 0.25) is 5.91 Å². The van der Waals surface area contributed by atoms with Crippen LogP contribution in [0.15, 0.2) is 12.7 Å². The molecule has 1 amide bonds. The van der Waals surface area contributed by atoms with Gasteiger partial charge in [-0.1, -0.05) is 6.08 Å². The molecule has 0 radical (unpaired) electrons. The highest BCUT2D eigenvalue weighted by atomic mass is 16.4. The molecule has 2 N–H and O–H groups in total. The molecule has 0 aliphatic rings. The van der Waals surface area contributed by atoms with Crippen molar-refractivity contribution in [2.75, 3.05) is 13.1 Å². The van der Waals surface area contributed by atoms with Crippen molar-refractivity contribution in [2.45, 2.75) is 45.7 Å². The van der Waals surface area contributed by atoms with Crippen molar-refractivity contribution in [3.05, 3.63) is 12.7 Å². The summed E-state index contributed by atoms with van der Waals surface area (Å²) in [7, 11) is 0. The van der Waals surface area contributed by atoms with Gasteiger partial charge >= 0.3 is 5.97 Å². The lowest BCUT2D eigenvalue weighted by atomic mass is 10.1. The van der Waals surface area contributed by atoms with Crippen LogP contribution in [0.3, 0.4) is 0 Å². The molecule has 0 rings (SSSR count). The number of nitrogens with zero attached hydrogens (tertiary/aromatic N) is 1. The van der Waals surface area contributed by atoms with Crippen LogP contribution in [0.1, 0.15) is 33.6 Å². The lowest BCUT2D eigenvalue weighted by molar-refractivity contribution is -0.137.